The Kier molecular flexibility index (Phi) is 6.87. The van der Waals surface area contributed by atoms with Crippen molar-refractivity contribution in [3.05, 3.63) is 95.0 Å². The lowest BCUT2D eigenvalue weighted by molar-refractivity contribution is -0.116. The van der Waals surface area contributed by atoms with Crippen LogP contribution in [0.15, 0.2) is 78.9 Å². The number of hydrogen-bond acceptors (Lipinski definition) is 3. The van der Waals surface area contributed by atoms with Crippen molar-refractivity contribution in [1.29, 1.82) is 0 Å². The number of methoxy groups -OCH3 is 1. The molecule has 0 aliphatic carbocycles. The van der Waals surface area contributed by atoms with Gasteiger partial charge in [0, 0.05) is 10.6 Å². The van der Waals surface area contributed by atoms with E-state index in [1.54, 1.807) is 42.5 Å². The topological polar surface area (TPSA) is 67.4 Å². The van der Waals surface area contributed by atoms with Gasteiger partial charge in [0.05, 0.1) is 25.3 Å². The van der Waals surface area contributed by atoms with E-state index in [1.807, 2.05) is 36.4 Å². The van der Waals surface area contributed by atoms with E-state index in [0.29, 0.717) is 22.0 Å². The lowest BCUT2D eigenvalue weighted by Crippen LogP contribution is -2.31. The number of carbonyl (C=O) groups excluding carboxylic acids is 2. The summed E-state index contributed by atoms with van der Waals surface area (Å²) < 4.78 is 5.27. The molecule has 0 heterocycles. The number of hydrogen-bond donors (Lipinski definition) is 2. The Labute approximate surface area is 174 Å². The van der Waals surface area contributed by atoms with E-state index in [9.17, 15) is 9.59 Å². The van der Waals surface area contributed by atoms with Crippen molar-refractivity contribution in [2.75, 3.05) is 12.4 Å². The summed E-state index contributed by atoms with van der Waals surface area (Å²) in [6, 6.07) is 22.8. The Bertz CT molecular complexity index is 978. The van der Waals surface area contributed by atoms with Crippen LogP contribution in [0.25, 0.3) is 0 Å². The summed E-state index contributed by atoms with van der Waals surface area (Å²) in [7, 11) is 1.52. The van der Waals surface area contributed by atoms with E-state index in [0.717, 1.165) is 5.56 Å². The van der Waals surface area contributed by atoms with Gasteiger partial charge in [-0.1, -0.05) is 60.1 Å². The van der Waals surface area contributed by atoms with Crippen LogP contribution in [-0.4, -0.2) is 18.9 Å². The molecule has 29 heavy (non-hydrogen) atoms. The van der Waals surface area contributed by atoms with Crippen molar-refractivity contribution in [2.45, 2.75) is 12.5 Å². The third-order valence-electron chi connectivity index (χ3n) is 4.37. The molecule has 0 spiro atoms. The van der Waals surface area contributed by atoms with Crippen LogP contribution in [0.2, 0.25) is 5.02 Å². The minimum absolute atomic E-state index is 0.0538. The molecule has 0 aliphatic rings. The van der Waals surface area contributed by atoms with Crippen molar-refractivity contribution in [3.63, 3.8) is 0 Å². The molecule has 3 aromatic rings. The van der Waals surface area contributed by atoms with Crippen molar-refractivity contribution < 1.29 is 14.3 Å². The van der Waals surface area contributed by atoms with Crippen LogP contribution in [0.3, 0.4) is 0 Å². The third-order valence-corrected chi connectivity index (χ3v) is 4.60. The molecule has 0 aromatic heterocycles. The van der Waals surface area contributed by atoms with Gasteiger partial charge in [-0.3, -0.25) is 9.59 Å². The third kappa shape index (κ3) is 5.59. The number of nitrogens with one attached hydrogen (secondary N) is 2. The number of ether oxygens (including phenoxy) is 1. The smallest absolute Gasteiger partial charge is 0.251 e. The highest BCUT2D eigenvalue weighted by atomic mass is 35.5. The zero-order chi connectivity index (χ0) is 20.6. The van der Waals surface area contributed by atoms with Gasteiger partial charge in [0.15, 0.2) is 0 Å². The second kappa shape index (κ2) is 9.75. The number of halogens is 1. The van der Waals surface area contributed by atoms with Crippen LogP contribution < -0.4 is 15.4 Å². The molecule has 3 aromatic carbocycles. The predicted molar refractivity (Wildman–Crippen MR) is 114 cm³/mol. The highest BCUT2D eigenvalue weighted by Gasteiger charge is 2.20. The predicted octanol–water partition coefficient (Wildman–Crippen LogP) is 4.85. The monoisotopic (exact) mass is 408 g/mol. The fraction of sp³-hybridized carbons (Fsp3) is 0.130. The highest BCUT2D eigenvalue weighted by molar-refractivity contribution is 6.31. The molecule has 1 unspecified atom stereocenters. The summed E-state index contributed by atoms with van der Waals surface area (Å²) in [5.74, 6) is -0.00676. The average molecular weight is 409 g/mol. The van der Waals surface area contributed by atoms with Gasteiger partial charge >= 0.3 is 0 Å². The highest BCUT2D eigenvalue weighted by Crippen LogP contribution is 2.28. The van der Waals surface area contributed by atoms with Crippen molar-refractivity contribution in [2.24, 2.45) is 0 Å². The van der Waals surface area contributed by atoms with E-state index < -0.39 is 6.04 Å². The van der Waals surface area contributed by atoms with Crippen molar-refractivity contribution >= 4 is 29.1 Å². The number of rotatable bonds is 7. The molecule has 2 amide bonds. The fourth-order valence-corrected chi connectivity index (χ4v) is 3.11. The van der Waals surface area contributed by atoms with Gasteiger partial charge < -0.3 is 15.4 Å². The summed E-state index contributed by atoms with van der Waals surface area (Å²) in [5, 5.41) is 6.25. The molecule has 6 heteroatoms. The largest absolute Gasteiger partial charge is 0.495 e. The summed E-state index contributed by atoms with van der Waals surface area (Å²) in [6.45, 7) is 0. The van der Waals surface area contributed by atoms with Gasteiger partial charge in [-0.25, -0.2) is 0 Å². The molecular weight excluding hydrogens is 388 g/mol. The summed E-state index contributed by atoms with van der Waals surface area (Å²) in [4.78, 5) is 25.4. The zero-order valence-corrected chi connectivity index (χ0v) is 16.6. The van der Waals surface area contributed by atoms with Crippen molar-refractivity contribution in [1.82, 2.24) is 5.32 Å². The van der Waals surface area contributed by atoms with Crippen LogP contribution in [0.4, 0.5) is 5.69 Å². The maximum Gasteiger partial charge on any atom is 0.251 e. The molecule has 148 valence electrons. The van der Waals surface area contributed by atoms with Gasteiger partial charge in [-0.15, -0.1) is 0 Å². The van der Waals surface area contributed by atoms with Crippen LogP contribution in [0.5, 0.6) is 5.75 Å². The van der Waals surface area contributed by atoms with Gasteiger partial charge in [-0.05, 0) is 35.9 Å². The average Bonchev–Trinajstić information content (AvgIpc) is 2.74. The van der Waals surface area contributed by atoms with Gasteiger partial charge in [0.2, 0.25) is 5.91 Å². The molecule has 0 saturated carbocycles. The Morgan fingerprint density at radius 2 is 1.62 bits per heavy atom. The van der Waals surface area contributed by atoms with Crippen LogP contribution in [0.1, 0.15) is 28.4 Å². The molecule has 0 radical (unpaired) electrons. The van der Waals surface area contributed by atoms with Crippen LogP contribution in [-0.2, 0) is 4.79 Å². The Morgan fingerprint density at radius 1 is 0.966 bits per heavy atom. The maximum atomic E-state index is 12.7. The minimum Gasteiger partial charge on any atom is -0.495 e. The first-order valence-corrected chi connectivity index (χ1v) is 9.49. The molecule has 5 nitrogen and oxygen atoms in total. The standard InChI is InChI=1S/C23H21ClN2O3/c1-29-21-13-12-18(24)14-20(21)25-22(27)15-19(16-8-4-2-5-9-16)26-23(28)17-10-6-3-7-11-17/h2-14,19H,15H2,1H3,(H,25,27)(H,26,28). The van der Waals surface area contributed by atoms with Gasteiger partial charge in [-0.2, -0.15) is 0 Å². The Hall–Kier alpha value is -3.31. The Morgan fingerprint density at radius 3 is 2.28 bits per heavy atom. The molecule has 0 saturated heterocycles. The maximum absolute atomic E-state index is 12.7. The van der Waals surface area contributed by atoms with Crippen LogP contribution in [0, 0.1) is 0 Å². The Balaban J connectivity index is 1.77. The molecule has 2 N–H and O–H groups in total. The van der Waals surface area contributed by atoms with Gasteiger partial charge in [0.25, 0.3) is 5.91 Å². The number of carbonyl (C=O) groups is 2. The molecule has 0 bridgehead atoms. The van der Waals surface area contributed by atoms with E-state index in [-0.39, 0.29) is 18.2 Å². The summed E-state index contributed by atoms with van der Waals surface area (Å²) in [6.07, 6.45) is 0.0538. The fourth-order valence-electron chi connectivity index (χ4n) is 2.93. The lowest BCUT2D eigenvalue weighted by Gasteiger charge is -2.19. The van der Waals surface area contributed by atoms with E-state index in [2.05, 4.69) is 10.6 Å². The van der Waals surface area contributed by atoms with E-state index in [1.165, 1.54) is 7.11 Å². The number of amides is 2. The van der Waals surface area contributed by atoms with E-state index >= 15 is 0 Å². The first kappa shape index (κ1) is 20.4. The molecule has 3 rings (SSSR count). The normalized spacial score (nSPS) is 11.4. The van der Waals surface area contributed by atoms with E-state index in [4.69, 9.17) is 16.3 Å². The summed E-state index contributed by atoms with van der Waals surface area (Å²) >= 11 is 6.03. The number of anilines is 1. The summed E-state index contributed by atoms with van der Waals surface area (Å²) in [5.41, 5.74) is 1.85. The molecule has 0 aliphatic heterocycles. The SMILES string of the molecule is COc1ccc(Cl)cc1NC(=O)CC(NC(=O)c1ccccc1)c1ccccc1. The second-order valence-corrected chi connectivity index (χ2v) is 6.84. The quantitative estimate of drug-likeness (QED) is 0.587. The van der Waals surface area contributed by atoms with Gasteiger partial charge in [0.1, 0.15) is 5.75 Å². The first-order chi connectivity index (χ1) is 14.1. The van der Waals surface area contributed by atoms with Crippen LogP contribution >= 0.6 is 11.6 Å². The first-order valence-electron chi connectivity index (χ1n) is 9.11. The molecular formula is C23H21ClN2O3. The second-order valence-electron chi connectivity index (χ2n) is 6.40. The number of benzene rings is 3. The zero-order valence-electron chi connectivity index (χ0n) is 15.9. The lowest BCUT2D eigenvalue weighted by atomic mass is 10.0. The minimum atomic E-state index is -0.492. The molecule has 0 fully saturated rings. The molecule has 1 atom stereocenters. The van der Waals surface area contributed by atoms with Crippen molar-refractivity contribution in [3.8, 4) is 5.75 Å².